The Hall–Kier alpha value is 0.0969. The van der Waals surface area contributed by atoms with Crippen molar-refractivity contribution in [2.45, 2.75) is 5.41 Å². The van der Waals surface area contributed by atoms with Gasteiger partial charge in [-0.1, -0.05) is 0 Å². The van der Waals surface area contributed by atoms with Crippen molar-refractivity contribution in [1.82, 2.24) is 0 Å². The second-order valence-corrected chi connectivity index (χ2v) is 2.13. The zero-order valence-corrected chi connectivity index (χ0v) is 6.10. The summed E-state index contributed by atoms with van der Waals surface area (Å²) in [6.45, 7) is 0.289. The van der Waals surface area contributed by atoms with Crippen LogP contribution in [0, 0.1) is 0 Å². The lowest BCUT2D eigenvalue weighted by molar-refractivity contribution is -0.133. The minimum Gasteiger partial charge on any atom is -0.357 e. The predicted molar refractivity (Wildman–Crippen MR) is 31.6 cm³/mol. The van der Waals surface area contributed by atoms with E-state index in [0.717, 1.165) is 0 Å². The van der Waals surface area contributed by atoms with Crippen LogP contribution in [0.2, 0.25) is 0 Å². The first-order valence-corrected chi connectivity index (χ1v) is 2.74. The molecule has 3 nitrogen and oxygen atoms in total. The summed E-state index contributed by atoms with van der Waals surface area (Å²) >= 11 is 0. The summed E-state index contributed by atoms with van der Waals surface area (Å²) in [6.07, 6.45) is 0. The predicted octanol–water partition coefficient (Wildman–Crippen LogP) is -0.940. The molecule has 0 amide bonds. The van der Waals surface area contributed by atoms with Crippen molar-refractivity contribution in [2.75, 3.05) is 20.8 Å². The van der Waals surface area contributed by atoms with Crippen molar-refractivity contribution < 1.29 is 9.47 Å². The number of rotatable bonds is 3. The molecule has 0 aromatic carbocycles. The van der Waals surface area contributed by atoms with E-state index in [0.29, 0.717) is 0 Å². The van der Waals surface area contributed by atoms with E-state index in [-0.39, 0.29) is 6.54 Å². The van der Waals surface area contributed by atoms with Gasteiger partial charge in [0, 0.05) is 20.8 Å². The maximum atomic E-state index is 5.23. The summed E-state index contributed by atoms with van der Waals surface area (Å²) in [5, 5.41) is 0. The molecule has 0 unspecified atom stereocenters. The lowest BCUT2D eigenvalue weighted by Crippen LogP contribution is -2.42. The molecule has 47 valence electrons. The van der Waals surface area contributed by atoms with Crippen LogP contribution < -0.4 is 5.73 Å². The molecule has 0 rings (SSSR count). The van der Waals surface area contributed by atoms with E-state index < -0.39 is 5.41 Å². The smallest absolute Gasteiger partial charge is 0.155 e. The molecule has 0 atom stereocenters. The Balaban J connectivity index is 3.58. The Morgan fingerprint density at radius 2 is 1.88 bits per heavy atom. The van der Waals surface area contributed by atoms with Crippen LogP contribution in [0.25, 0.3) is 0 Å². The highest BCUT2D eigenvalue weighted by Crippen LogP contribution is 2.00. The lowest BCUT2D eigenvalue weighted by atomic mass is 10.6. The van der Waals surface area contributed by atoms with Crippen molar-refractivity contribution in [3.05, 3.63) is 0 Å². The first kappa shape index (κ1) is 8.10. The van der Waals surface area contributed by atoms with Crippen LogP contribution in [-0.4, -0.2) is 36.4 Å². The first-order chi connectivity index (χ1) is 3.68. The summed E-state index contributed by atoms with van der Waals surface area (Å²) in [7, 11) is 6.20. The van der Waals surface area contributed by atoms with Crippen LogP contribution in [0.4, 0.5) is 0 Å². The van der Waals surface area contributed by atoms with E-state index in [2.05, 4.69) is 10.2 Å². The zero-order valence-electron chi connectivity index (χ0n) is 5.10. The van der Waals surface area contributed by atoms with Gasteiger partial charge in [0.1, 0.15) is 10.2 Å². The van der Waals surface area contributed by atoms with Gasteiger partial charge in [0.15, 0.2) is 5.41 Å². The van der Waals surface area contributed by atoms with Gasteiger partial charge in [-0.2, -0.15) is 0 Å². The maximum Gasteiger partial charge on any atom is 0.155 e. The zero-order chi connectivity index (χ0) is 6.62. The van der Waals surface area contributed by atoms with E-state index in [1.165, 1.54) is 14.2 Å². The summed E-state index contributed by atoms with van der Waals surface area (Å²) in [5.41, 5.74) is 4.44. The van der Waals surface area contributed by atoms with Gasteiger partial charge in [-0.3, -0.25) is 0 Å². The summed E-state index contributed by atoms with van der Waals surface area (Å²) in [6, 6.07) is 0. The minimum atomic E-state index is -0.792. The molecule has 0 heterocycles. The third-order valence-corrected chi connectivity index (χ3v) is 1.54. The number of methoxy groups -OCH3 is 2. The summed E-state index contributed by atoms with van der Waals surface area (Å²) in [5.74, 6) is 0. The van der Waals surface area contributed by atoms with Crippen molar-refractivity contribution >= 4 is 10.2 Å². The number of hydrogen-bond acceptors (Lipinski definition) is 3. The van der Waals surface area contributed by atoms with Gasteiger partial charge in [-0.25, -0.2) is 0 Å². The molecule has 0 aliphatic rings. The molecule has 0 saturated carbocycles. The average Bonchev–Trinajstić information content (AvgIpc) is 1.87. The molecule has 3 radical (unpaired) electrons. The number of hydrogen-bond donors (Lipinski definition) is 1. The monoisotopic (exact) mass is 132 g/mol. The van der Waals surface area contributed by atoms with Crippen molar-refractivity contribution in [1.29, 1.82) is 0 Å². The highest BCUT2D eigenvalue weighted by atomic mass is 28.1. The highest BCUT2D eigenvalue weighted by molar-refractivity contribution is 6.13. The van der Waals surface area contributed by atoms with Crippen molar-refractivity contribution in [3.8, 4) is 0 Å². The minimum absolute atomic E-state index is 0.289. The van der Waals surface area contributed by atoms with Crippen LogP contribution in [0.15, 0.2) is 0 Å². The molecule has 0 saturated heterocycles. The Labute approximate surface area is 52.6 Å². The second-order valence-electron chi connectivity index (χ2n) is 1.37. The summed E-state index contributed by atoms with van der Waals surface area (Å²) in [4.78, 5) is 0. The molecule has 8 heavy (non-hydrogen) atoms. The van der Waals surface area contributed by atoms with Gasteiger partial charge >= 0.3 is 0 Å². The molecule has 0 aliphatic heterocycles. The third kappa shape index (κ3) is 1.91. The Bertz CT molecular complexity index is 56.8. The number of nitrogens with two attached hydrogens (primary N) is 1. The SMILES string of the molecule is COC([Si])(CN)OC. The van der Waals surface area contributed by atoms with Crippen LogP contribution in [0.1, 0.15) is 0 Å². The van der Waals surface area contributed by atoms with Crippen molar-refractivity contribution in [2.24, 2.45) is 5.73 Å². The maximum absolute atomic E-state index is 5.23. The largest absolute Gasteiger partial charge is 0.357 e. The molecule has 0 aliphatic carbocycles. The molecule has 0 aromatic rings. The van der Waals surface area contributed by atoms with Crippen LogP contribution in [0.5, 0.6) is 0 Å². The standard InChI is InChI=1S/C4H10NO2Si/c1-6-4(8,3-5)7-2/h3,5H2,1-2H3. The van der Waals surface area contributed by atoms with Gasteiger partial charge in [0.25, 0.3) is 0 Å². The second kappa shape index (κ2) is 3.19. The lowest BCUT2D eigenvalue weighted by Gasteiger charge is -2.23. The molecule has 0 fully saturated rings. The third-order valence-electron chi connectivity index (χ3n) is 0.928. The fourth-order valence-corrected chi connectivity index (χ4v) is 0.250. The number of ether oxygens (including phenoxy) is 2. The quantitative estimate of drug-likeness (QED) is 0.398. The molecular formula is C4H10NO2Si. The van der Waals surface area contributed by atoms with Gasteiger partial charge in [-0.05, 0) is 0 Å². The van der Waals surface area contributed by atoms with Gasteiger partial charge in [-0.15, -0.1) is 0 Å². The van der Waals surface area contributed by atoms with Gasteiger partial charge < -0.3 is 15.2 Å². The van der Waals surface area contributed by atoms with Crippen LogP contribution in [-0.2, 0) is 9.47 Å². The molecule has 0 aromatic heterocycles. The Morgan fingerprint density at radius 3 is 1.88 bits per heavy atom. The molecule has 0 spiro atoms. The van der Waals surface area contributed by atoms with Crippen LogP contribution in [0.3, 0.4) is 0 Å². The fraction of sp³-hybridized carbons (Fsp3) is 1.00. The van der Waals surface area contributed by atoms with E-state index in [4.69, 9.17) is 15.2 Å². The Kier molecular flexibility index (Phi) is 3.23. The summed E-state index contributed by atoms with van der Waals surface area (Å²) < 4.78 is 9.60. The Morgan fingerprint density at radius 1 is 1.50 bits per heavy atom. The van der Waals surface area contributed by atoms with E-state index in [9.17, 15) is 0 Å². The average molecular weight is 132 g/mol. The van der Waals surface area contributed by atoms with E-state index >= 15 is 0 Å². The van der Waals surface area contributed by atoms with Crippen LogP contribution >= 0.6 is 0 Å². The fourth-order valence-electron chi connectivity index (χ4n) is 0.250. The van der Waals surface area contributed by atoms with E-state index in [1.54, 1.807) is 0 Å². The molecule has 4 heteroatoms. The molecule has 2 N–H and O–H groups in total. The van der Waals surface area contributed by atoms with Crippen molar-refractivity contribution in [3.63, 3.8) is 0 Å². The normalized spacial score (nSPS) is 12.0. The molecular weight excluding hydrogens is 122 g/mol. The van der Waals surface area contributed by atoms with Gasteiger partial charge in [0.05, 0.1) is 0 Å². The highest BCUT2D eigenvalue weighted by Gasteiger charge is 2.18. The first-order valence-electron chi connectivity index (χ1n) is 2.24. The topological polar surface area (TPSA) is 44.5 Å². The van der Waals surface area contributed by atoms with E-state index in [1.807, 2.05) is 0 Å². The molecule has 0 bridgehead atoms. The van der Waals surface area contributed by atoms with Gasteiger partial charge in [0.2, 0.25) is 0 Å².